The molecule has 0 spiro atoms. The summed E-state index contributed by atoms with van der Waals surface area (Å²) in [7, 11) is 0. The second-order valence-electron chi connectivity index (χ2n) is 4.58. The fraction of sp³-hybridized carbons (Fsp3) is 0.667. The summed E-state index contributed by atoms with van der Waals surface area (Å²) in [6, 6.07) is 0. The minimum Gasteiger partial charge on any atom is -0.490 e. The van der Waals surface area contributed by atoms with Crippen molar-refractivity contribution in [2.24, 2.45) is 5.92 Å². The SMILES string of the molecule is CC(C)c1ncc(OCC2CC2)c(CCl)n1. The van der Waals surface area contributed by atoms with E-state index in [-0.39, 0.29) is 0 Å². The molecule has 0 aliphatic heterocycles. The number of alkyl halides is 1. The minimum absolute atomic E-state index is 0.319. The molecule has 0 saturated heterocycles. The molecule has 0 radical (unpaired) electrons. The maximum atomic E-state index is 5.87. The van der Waals surface area contributed by atoms with Gasteiger partial charge in [-0.1, -0.05) is 13.8 Å². The molecule has 1 saturated carbocycles. The van der Waals surface area contributed by atoms with Gasteiger partial charge < -0.3 is 4.74 Å². The van der Waals surface area contributed by atoms with Gasteiger partial charge in [0.25, 0.3) is 0 Å². The van der Waals surface area contributed by atoms with E-state index in [1.54, 1.807) is 6.20 Å². The van der Waals surface area contributed by atoms with Gasteiger partial charge in [0, 0.05) is 5.92 Å². The monoisotopic (exact) mass is 240 g/mol. The van der Waals surface area contributed by atoms with E-state index in [0.717, 1.165) is 29.8 Å². The fourth-order valence-corrected chi connectivity index (χ4v) is 1.60. The third kappa shape index (κ3) is 2.85. The van der Waals surface area contributed by atoms with Crippen LogP contribution in [0.25, 0.3) is 0 Å². The third-order valence-corrected chi connectivity index (χ3v) is 2.92. The highest BCUT2D eigenvalue weighted by Crippen LogP contribution is 2.30. The highest BCUT2D eigenvalue weighted by molar-refractivity contribution is 6.17. The maximum Gasteiger partial charge on any atom is 0.160 e. The van der Waals surface area contributed by atoms with Crippen molar-refractivity contribution in [3.05, 3.63) is 17.7 Å². The van der Waals surface area contributed by atoms with Crippen LogP contribution in [0.4, 0.5) is 0 Å². The quantitative estimate of drug-likeness (QED) is 0.742. The van der Waals surface area contributed by atoms with Crippen LogP contribution in [0.2, 0.25) is 0 Å². The Bertz CT molecular complexity index is 364. The average Bonchev–Trinajstić information content (AvgIpc) is 3.09. The number of aromatic nitrogens is 2. The molecule has 0 unspecified atom stereocenters. The molecular weight excluding hydrogens is 224 g/mol. The first-order chi connectivity index (χ1) is 7.70. The summed E-state index contributed by atoms with van der Waals surface area (Å²) in [6.45, 7) is 4.91. The summed E-state index contributed by atoms with van der Waals surface area (Å²) in [6.07, 6.45) is 4.31. The molecule has 0 atom stereocenters. The van der Waals surface area contributed by atoms with Crippen molar-refractivity contribution in [3.63, 3.8) is 0 Å². The zero-order chi connectivity index (χ0) is 11.5. The summed E-state index contributed by atoms with van der Waals surface area (Å²) < 4.78 is 5.68. The second-order valence-corrected chi connectivity index (χ2v) is 4.85. The number of halogens is 1. The lowest BCUT2D eigenvalue weighted by molar-refractivity contribution is 0.294. The normalized spacial score (nSPS) is 15.5. The zero-order valence-electron chi connectivity index (χ0n) is 9.74. The summed E-state index contributed by atoms with van der Waals surface area (Å²) >= 11 is 5.87. The number of rotatable bonds is 5. The topological polar surface area (TPSA) is 35.0 Å². The van der Waals surface area contributed by atoms with Gasteiger partial charge in [-0.05, 0) is 18.8 Å². The lowest BCUT2D eigenvalue weighted by Crippen LogP contribution is -2.06. The van der Waals surface area contributed by atoms with Crippen molar-refractivity contribution >= 4 is 11.6 Å². The summed E-state index contributed by atoms with van der Waals surface area (Å²) in [5, 5.41) is 0. The molecule has 1 heterocycles. The third-order valence-electron chi connectivity index (χ3n) is 2.66. The van der Waals surface area contributed by atoms with E-state index < -0.39 is 0 Å². The number of hydrogen-bond donors (Lipinski definition) is 0. The van der Waals surface area contributed by atoms with E-state index in [2.05, 4.69) is 23.8 Å². The van der Waals surface area contributed by atoms with E-state index in [4.69, 9.17) is 16.3 Å². The molecule has 0 bridgehead atoms. The molecule has 1 fully saturated rings. The van der Waals surface area contributed by atoms with Gasteiger partial charge in [-0.2, -0.15) is 0 Å². The Morgan fingerprint density at radius 1 is 1.50 bits per heavy atom. The highest BCUT2D eigenvalue weighted by Gasteiger charge is 2.22. The van der Waals surface area contributed by atoms with Crippen LogP contribution in [0.5, 0.6) is 5.75 Å². The Hall–Kier alpha value is -0.830. The van der Waals surface area contributed by atoms with Gasteiger partial charge in [-0.15, -0.1) is 11.6 Å². The van der Waals surface area contributed by atoms with Crippen LogP contribution >= 0.6 is 11.6 Å². The standard InChI is InChI=1S/C12H17ClN2O/c1-8(2)12-14-6-11(10(5-13)15-12)16-7-9-3-4-9/h6,8-9H,3-5,7H2,1-2H3. The Morgan fingerprint density at radius 3 is 2.81 bits per heavy atom. The second kappa shape index (κ2) is 5.00. The van der Waals surface area contributed by atoms with Gasteiger partial charge in [0.2, 0.25) is 0 Å². The van der Waals surface area contributed by atoms with E-state index in [1.807, 2.05) is 0 Å². The molecule has 1 aliphatic carbocycles. The first kappa shape index (κ1) is 11.6. The van der Waals surface area contributed by atoms with Gasteiger partial charge >= 0.3 is 0 Å². The largest absolute Gasteiger partial charge is 0.490 e. The molecule has 0 aromatic carbocycles. The molecule has 88 valence electrons. The van der Waals surface area contributed by atoms with Gasteiger partial charge in [-0.3, -0.25) is 0 Å². The number of hydrogen-bond acceptors (Lipinski definition) is 3. The van der Waals surface area contributed by atoms with E-state index >= 15 is 0 Å². The van der Waals surface area contributed by atoms with Crippen LogP contribution in [0, 0.1) is 5.92 Å². The van der Waals surface area contributed by atoms with Gasteiger partial charge in [-0.25, -0.2) is 9.97 Å². The fourth-order valence-electron chi connectivity index (χ4n) is 1.41. The van der Waals surface area contributed by atoms with Crippen molar-refractivity contribution in [1.82, 2.24) is 9.97 Å². The van der Waals surface area contributed by atoms with Crippen molar-refractivity contribution in [3.8, 4) is 5.75 Å². The Kier molecular flexibility index (Phi) is 3.64. The van der Waals surface area contributed by atoms with Crippen LogP contribution in [-0.4, -0.2) is 16.6 Å². The summed E-state index contributed by atoms with van der Waals surface area (Å²) in [5.74, 6) is 3.00. The molecule has 16 heavy (non-hydrogen) atoms. The molecule has 1 aromatic heterocycles. The molecular formula is C12H17ClN2O. The predicted molar refractivity (Wildman–Crippen MR) is 63.9 cm³/mol. The minimum atomic E-state index is 0.319. The molecule has 4 heteroatoms. The number of ether oxygens (including phenoxy) is 1. The lowest BCUT2D eigenvalue weighted by Gasteiger charge is -2.11. The van der Waals surface area contributed by atoms with Crippen molar-refractivity contribution in [2.75, 3.05) is 6.61 Å². The van der Waals surface area contributed by atoms with Crippen molar-refractivity contribution < 1.29 is 4.74 Å². The molecule has 2 rings (SSSR count). The van der Waals surface area contributed by atoms with Crippen LogP contribution < -0.4 is 4.74 Å². The van der Waals surface area contributed by atoms with E-state index in [0.29, 0.717) is 11.8 Å². The Morgan fingerprint density at radius 2 is 2.25 bits per heavy atom. The van der Waals surface area contributed by atoms with Crippen LogP contribution in [-0.2, 0) is 5.88 Å². The van der Waals surface area contributed by atoms with Crippen molar-refractivity contribution in [2.45, 2.75) is 38.5 Å². The molecule has 1 aromatic rings. The summed E-state index contributed by atoms with van der Waals surface area (Å²) in [5.41, 5.74) is 0.806. The maximum absolute atomic E-state index is 5.87. The van der Waals surface area contributed by atoms with Gasteiger partial charge in [0.05, 0.1) is 18.7 Å². The molecule has 0 amide bonds. The van der Waals surface area contributed by atoms with Gasteiger partial charge in [0.1, 0.15) is 11.5 Å². The molecule has 1 aliphatic rings. The summed E-state index contributed by atoms with van der Waals surface area (Å²) in [4.78, 5) is 8.71. The zero-order valence-corrected chi connectivity index (χ0v) is 10.5. The van der Waals surface area contributed by atoms with Crippen LogP contribution in [0.15, 0.2) is 6.20 Å². The molecule has 0 N–H and O–H groups in total. The number of nitrogens with zero attached hydrogens (tertiary/aromatic N) is 2. The molecule has 3 nitrogen and oxygen atoms in total. The lowest BCUT2D eigenvalue weighted by atomic mass is 10.2. The predicted octanol–water partition coefficient (Wildman–Crippen LogP) is 3.13. The van der Waals surface area contributed by atoms with Crippen LogP contribution in [0.1, 0.15) is 44.1 Å². The van der Waals surface area contributed by atoms with Gasteiger partial charge in [0.15, 0.2) is 5.75 Å². The smallest absolute Gasteiger partial charge is 0.160 e. The van der Waals surface area contributed by atoms with E-state index in [9.17, 15) is 0 Å². The van der Waals surface area contributed by atoms with Crippen molar-refractivity contribution in [1.29, 1.82) is 0 Å². The first-order valence-corrected chi connectivity index (χ1v) is 6.28. The van der Waals surface area contributed by atoms with E-state index in [1.165, 1.54) is 12.8 Å². The average molecular weight is 241 g/mol. The van der Waals surface area contributed by atoms with Crippen LogP contribution in [0.3, 0.4) is 0 Å². The first-order valence-electron chi connectivity index (χ1n) is 5.75. The Labute approximate surface area is 101 Å². The Balaban J connectivity index is 2.09. The highest BCUT2D eigenvalue weighted by atomic mass is 35.5.